The third-order valence-electron chi connectivity index (χ3n) is 3.03. The van der Waals surface area contributed by atoms with Crippen LogP contribution in [0.2, 0.25) is 10.0 Å². The summed E-state index contributed by atoms with van der Waals surface area (Å²) in [6, 6.07) is 13.1. The van der Waals surface area contributed by atoms with Crippen LogP contribution >= 0.6 is 23.2 Å². The molecular formula is C15H11Cl2N3O. The van der Waals surface area contributed by atoms with Crippen LogP contribution < -0.4 is 5.73 Å². The van der Waals surface area contributed by atoms with Crippen LogP contribution in [0.25, 0.3) is 11.5 Å². The van der Waals surface area contributed by atoms with Gasteiger partial charge in [-0.1, -0.05) is 58.7 Å². The molecule has 0 unspecified atom stereocenters. The number of aromatic nitrogens is 2. The van der Waals surface area contributed by atoms with Gasteiger partial charge in [0, 0.05) is 6.42 Å². The molecule has 2 N–H and O–H groups in total. The lowest BCUT2D eigenvalue weighted by Gasteiger charge is -2.04. The molecule has 3 rings (SSSR count). The van der Waals surface area contributed by atoms with Gasteiger partial charge in [-0.3, -0.25) is 0 Å². The molecule has 1 heterocycles. The molecule has 106 valence electrons. The number of nitrogen functional groups attached to an aromatic ring is 1. The zero-order valence-corrected chi connectivity index (χ0v) is 12.4. The van der Waals surface area contributed by atoms with E-state index in [0.717, 1.165) is 5.56 Å². The monoisotopic (exact) mass is 319 g/mol. The topological polar surface area (TPSA) is 64.9 Å². The Kier molecular flexibility index (Phi) is 3.82. The van der Waals surface area contributed by atoms with Crippen LogP contribution in [-0.4, -0.2) is 10.1 Å². The van der Waals surface area contributed by atoms with Gasteiger partial charge in [0.15, 0.2) is 5.82 Å². The fourth-order valence-electron chi connectivity index (χ4n) is 1.99. The Morgan fingerprint density at radius 2 is 1.71 bits per heavy atom. The van der Waals surface area contributed by atoms with Gasteiger partial charge in [-0.25, -0.2) is 0 Å². The average molecular weight is 320 g/mol. The summed E-state index contributed by atoms with van der Waals surface area (Å²) < 4.78 is 5.26. The van der Waals surface area contributed by atoms with E-state index in [0.29, 0.717) is 33.5 Å². The summed E-state index contributed by atoms with van der Waals surface area (Å²) >= 11 is 12.1. The van der Waals surface area contributed by atoms with Crippen molar-refractivity contribution < 1.29 is 4.52 Å². The number of hydrogen-bond donors (Lipinski definition) is 1. The number of nitrogens with two attached hydrogens (primary N) is 1. The lowest BCUT2D eigenvalue weighted by atomic mass is 10.1. The highest BCUT2D eigenvalue weighted by molar-refractivity contribution is 6.37. The van der Waals surface area contributed by atoms with Crippen molar-refractivity contribution in [2.24, 2.45) is 0 Å². The van der Waals surface area contributed by atoms with E-state index in [1.54, 1.807) is 12.1 Å². The van der Waals surface area contributed by atoms with Gasteiger partial charge in [0.1, 0.15) is 0 Å². The molecule has 0 saturated heterocycles. The van der Waals surface area contributed by atoms with Crippen molar-refractivity contribution in [3.63, 3.8) is 0 Å². The first-order chi connectivity index (χ1) is 10.1. The number of anilines is 1. The molecule has 3 aromatic rings. The Morgan fingerprint density at radius 1 is 1.00 bits per heavy atom. The largest absolute Gasteiger partial charge is 0.397 e. The first-order valence-corrected chi connectivity index (χ1v) is 7.01. The fraction of sp³-hybridized carbons (Fsp3) is 0.0667. The predicted molar refractivity (Wildman–Crippen MR) is 83.4 cm³/mol. The molecule has 0 radical (unpaired) electrons. The summed E-state index contributed by atoms with van der Waals surface area (Å²) in [4.78, 5) is 4.34. The second kappa shape index (κ2) is 5.76. The van der Waals surface area contributed by atoms with Crippen molar-refractivity contribution in [3.05, 3.63) is 63.9 Å². The van der Waals surface area contributed by atoms with Gasteiger partial charge < -0.3 is 10.3 Å². The van der Waals surface area contributed by atoms with E-state index in [4.69, 9.17) is 33.5 Å². The minimum absolute atomic E-state index is 0.269. The van der Waals surface area contributed by atoms with Gasteiger partial charge in [0.05, 0.1) is 21.3 Å². The van der Waals surface area contributed by atoms with E-state index in [1.165, 1.54) is 0 Å². The minimum atomic E-state index is 0.269. The zero-order valence-electron chi connectivity index (χ0n) is 10.9. The van der Waals surface area contributed by atoms with Crippen LogP contribution in [0.15, 0.2) is 47.0 Å². The van der Waals surface area contributed by atoms with Crippen molar-refractivity contribution in [1.82, 2.24) is 10.1 Å². The quantitative estimate of drug-likeness (QED) is 0.734. The highest BCUT2D eigenvalue weighted by atomic mass is 35.5. The van der Waals surface area contributed by atoms with Gasteiger partial charge in [-0.2, -0.15) is 4.98 Å². The number of halogens is 2. The highest BCUT2D eigenvalue weighted by Crippen LogP contribution is 2.36. The van der Waals surface area contributed by atoms with Gasteiger partial charge in [0.2, 0.25) is 0 Å². The molecule has 0 aliphatic carbocycles. The van der Waals surface area contributed by atoms with Gasteiger partial charge in [0.25, 0.3) is 5.89 Å². The normalized spacial score (nSPS) is 10.8. The molecule has 0 fully saturated rings. The van der Waals surface area contributed by atoms with Crippen molar-refractivity contribution in [2.75, 3.05) is 5.73 Å². The van der Waals surface area contributed by atoms with Crippen LogP contribution in [0.1, 0.15) is 11.4 Å². The lowest BCUT2D eigenvalue weighted by Crippen LogP contribution is -1.94. The summed E-state index contributed by atoms with van der Waals surface area (Å²) in [6.07, 6.45) is 0.572. The van der Waals surface area contributed by atoms with Crippen LogP contribution in [0.4, 0.5) is 5.69 Å². The standard InChI is InChI=1S/C15H11Cl2N3O/c16-10-6-7-11(17)14(18)13(10)15-19-12(20-21-15)8-9-4-2-1-3-5-9/h1-7H,8,18H2. The lowest BCUT2D eigenvalue weighted by molar-refractivity contribution is 0.424. The summed E-state index contributed by atoms with van der Waals surface area (Å²) in [7, 11) is 0. The molecule has 0 amide bonds. The molecule has 2 aromatic carbocycles. The number of rotatable bonds is 3. The molecule has 0 spiro atoms. The first-order valence-electron chi connectivity index (χ1n) is 6.25. The van der Waals surface area contributed by atoms with Crippen molar-refractivity contribution in [3.8, 4) is 11.5 Å². The molecule has 21 heavy (non-hydrogen) atoms. The predicted octanol–water partition coefficient (Wildman–Crippen LogP) is 4.22. The second-order valence-electron chi connectivity index (χ2n) is 4.50. The zero-order chi connectivity index (χ0) is 14.8. The summed E-state index contributed by atoms with van der Waals surface area (Å²) in [5, 5.41) is 4.78. The number of benzene rings is 2. The molecular weight excluding hydrogens is 309 g/mol. The highest BCUT2D eigenvalue weighted by Gasteiger charge is 2.17. The number of nitrogens with zero attached hydrogens (tertiary/aromatic N) is 2. The third-order valence-corrected chi connectivity index (χ3v) is 3.67. The summed E-state index contributed by atoms with van der Waals surface area (Å²) in [6.45, 7) is 0. The Hall–Kier alpha value is -2.04. The van der Waals surface area contributed by atoms with Crippen molar-refractivity contribution >= 4 is 28.9 Å². The van der Waals surface area contributed by atoms with E-state index in [-0.39, 0.29) is 5.89 Å². The Morgan fingerprint density at radius 3 is 2.48 bits per heavy atom. The van der Waals surface area contributed by atoms with Crippen molar-refractivity contribution in [1.29, 1.82) is 0 Å². The smallest absolute Gasteiger partial charge is 0.261 e. The van der Waals surface area contributed by atoms with Gasteiger partial charge in [-0.05, 0) is 17.7 Å². The maximum absolute atomic E-state index is 6.14. The first kappa shape index (κ1) is 13.9. The average Bonchev–Trinajstić information content (AvgIpc) is 2.93. The SMILES string of the molecule is Nc1c(Cl)ccc(Cl)c1-c1nc(Cc2ccccc2)no1. The number of hydrogen-bond acceptors (Lipinski definition) is 4. The fourth-order valence-corrected chi connectivity index (χ4v) is 2.39. The van der Waals surface area contributed by atoms with Crippen molar-refractivity contribution in [2.45, 2.75) is 6.42 Å². The molecule has 0 atom stereocenters. The van der Waals surface area contributed by atoms with E-state index in [1.807, 2.05) is 30.3 Å². The molecule has 0 bridgehead atoms. The molecule has 0 saturated carbocycles. The Balaban J connectivity index is 1.94. The molecule has 4 nitrogen and oxygen atoms in total. The van der Waals surface area contributed by atoms with Gasteiger partial charge >= 0.3 is 0 Å². The minimum Gasteiger partial charge on any atom is -0.397 e. The Bertz CT molecular complexity index is 772. The summed E-state index contributed by atoms with van der Waals surface area (Å²) in [5.74, 6) is 0.831. The van der Waals surface area contributed by atoms with Crippen LogP contribution in [0.5, 0.6) is 0 Å². The maximum atomic E-state index is 6.14. The third kappa shape index (κ3) is 2.86. The molecule has 6 heteroatoms. The van der Waals surface area contributed by atoms with Crippen LogP contribution in [0.3, 0.4) is 0 Å². The van der Waals surface area contributed by atoms with E-state index >= 15 is 0 Å². The second-order valence-corrected chi connectivity index (χ2v) is 5.31. The van der Waals surface area contributed by atoms with Crippen LogP contribution in [0, 0.1) is 0 Å². The van der Waals surface area contributed by atoms with Crippen LogP contribution in [-0.2, 0) is 6.42 Å². The van der Waals surface area contributed by atoms with E-state index < -0.39 is 0 Å². The van der Waals surface area contributed by atoms with Gasteiger partial charge in [-0.15, -0.1) is 0 Å². The Labute approximate surface area is 131 Å². The maximum Gasteiger partial charge on any atom is 0.261 e. The summed E-state index contributed by atoms with van der Waals surface area (Å²) in [5.41, 5.74) is 7.83. The molecule has 1 aromatic heterocycles. The molecule has 0 aliphatic heterocycles. The molecule has 0 aliphatic rings. The van der Waals surface area contributed by atoms with E-state index in [2.05, 4.69) is 10.1 Å². The van der Waals surface area contributed by atoms with E-state index in [9.17, 15) is 0 Å².